The Morgan fingerprint density at radius 3 is 2.08 bits per heavy atom. The summed E-state index contributed by atoms with van der Waals surface area (Å²) in [4.78, 5) is 2.17. The number of benzene rings is 3. The standard InChI is InChI=1S/C32H37N3Si/c1-22-21-27-25(23-17-19-24(20-18-23)34(2)3)11-10-12-26(27)32(22)36(4,5)35-30-15-8-6-13-28(30)33-29-14-7-9-16-31(29)35/h6-20,22,26-27,32-33H,21H2,1-5H3/t22-,26+,27-,32?/m1/s1. The maximum Gasteiger partial charge on any atom is 0.160 e. The van der Waals surface area contributed by atoms with E-state index >= 15 is 0 Å². The van der Waals surface area contributed by atoms with Gasteiger partial charge in [-0.3, -0.25) is 0 Å². The highest BCUT2D eigenvalue weighted by atomic mass is 28.3. The Balaban J connectivity index is 1.38. The fourth-order valence-corrected chi connectivity index (χ4v) is 12.1. The first-order valence-corrected chi connectivity index (χ1v) is 16.3. The molecule has 2 aliphatic carbocycles. The molecule has 1 unspecified atom stereocenters. The Morgan fingerprint density at radius 1 is 0.861 bits per heavy atom. The van der Waals surface area contributed by atoms with Crippen molar-refractivity contribution in [2.75, 3.05) is 28.9 Å². The van der Waals surface area contributed by atoms with Gasteiger partial charge in [-0.2, -0.15) is 0 Å². The molecular formula is C32H37N3Si. The third-order valence-corrected chi connectivity index (χ3v) is 13.0. The lowest BCUT2D eigenvalue weighted by Gasteiger charge is -2.49. The van der Waals surface area contributed by atoms with Crippen LogP contribution in [0.5, 0.6) is 0 Å². The Hall–Kier alpha value is -3.24. The van der Waals surface area contributed by atoms with E-state index in [-0.39, 0.29) is 0 Å². The number of rotatable bonds is 4. The predicted molar refractivity (Wildman–Crippen MR) is 158 cm³/mol. The molecule has 1 fully saturated rings. The van der Waals surface area contributed by atoms with E-state index in [0.29, 0.717) is 23.3 Å². The summed E-state index contributed by atoms with van der Waals surface area (Å²) in [5.41, 5.74) is 9.92. The molecule has 3 nitrogen and oxygen atoms in total. The highest BCUT2D eigenvalue weighted by molar-refractivity contribution is 6.84. The molecule has 0 spiro atoms. The van der Waals surface area contributed by atoms with Crippen molar-refractivity contribution in [3.8, 4) is 0 Å². The Bertz CT molecular complexity index is 1290. The Labute approximate surface area is 217 Å². The third kappa shape index (κ3) is 3.62. The van der Waals surface area contributed by atoms with Crippen molar-refractivity contribution in [3.05, 3.63) is 96.6 Å². The van der Waals surface area contributed by atoms with E-state index in [2.05, 4.69) is 140 Å². The highest BCUT2D eigenvalue weighted by Gasteiger charge is 2.53. The second kappa shape index (κ2) is 8.70. The average Bonchev–Trinajstić information content (AvgIpc) is 3.23. The molecule has 1 heterocycles. The van der Waals surface area contributed by atoms with Crippen molar-refractivity contribution in [2.45, 2.75) is 32.0 Å². The molecule has 0 bridgehead atoms. The summed E-state index contributed by atoms with van der Waals surface area (Å²) in [6, 6.07) is 26.9. The molecule has 1 aliphatic heterocycles. The van der Waals surface area contributed by atoms with Crippen LogP contribution in [0.15, 0.2) is 91.0 Å². The van der Waals surface area contributed by atoms with Crippen molar-refractivity contribution in [3.63, 3.8) is 0 Å². The monoisotopic (exact) mass is 491 g/mol. The number of anilines is 5. The second-order valence-corrected chi connectivity index (χ2v) is 15.9. The molecule has 0 amide bonds. The molecule has 36 heavy (non-hydrogen) atoms. The van der Waals surface area contributed by atoms with Crippen LogP contribution in [0.1, 0.15) is 18.9 Å². The first kappa shape index (κ1) is 23.2. The number of hydrogen-bond acceptors (Lipinski definition) is 3. The molecule has 1 saturated carbocycles. The van der Waals surface area contributed by atoms with Crippen LogP contribution in [0.25, 0.3) is 5.57 Å². The summed E-state index contributed by atoms with van der Waals surface area (Å²) in [7, 11) is 2.22. The molecule has 184 valence electrons. The molecule has 0 aromatic heterocycles. The van der Waals surface area contributed by atoms with Crippen molar-refractivity contribution in [2.24, 2.45) is 17.8 Å². The summed E-state index contributed by atoms with van der Waals surface area (Å²) in [5.74, 6) is 1.83. The van der Waals surface area contributed by atoms with Crippen LogP contribution in [-0.2, 0) is 0 Å². The van der Waals surface area contributed by atoms with Crippen LogP contribution in [0.3, 0.4) is 0 Å². The lowest BCUT2D eigenvalue weighted by atomic mass is 9.81. The molecule has 3 aromatic rings. The number of hydrogen-bond donors (Lipinski definition) is 1. The predicted octanol–water partition coefficient (Wildman–Crippen LogP) is 8.45. The summed E-state index contributed by atoms with van der Waals surface area (Å²) in [6.07, 6.45) is 8.51. The zero-order valence-corrected chi connectivity index (χ0v) is 23.1. The molecule has 6 rings (SSSR count). The van der Waals surface area contributed by atoms with Crippen molar-refractivity contribution < 1.29 is 0 Å². The fraction of sp³-hybridized carbons (Fsp3) is 0.312. The maximum atomic E-state index is 3.70. The van der Waals surface area contributed by atoms with Gasteiger partial charge < -0.3 is 14.8 Å². The lowest BCUT2D eigenvalue weighted by Crippen LogP contribution is -2.53. The first-order valence-electron chi connectivity index (χ1n) is 13.3. The molecule has 1 N–H and O–H groups in total. The van der Waals surface area contributed by atoms with Crippen molar-refractivity contribution >= 4 is 42.2 Å². The summed E-state index contributed by atoms with van der Waals surface area (Å²) >= 11 is 0. The molecule has 3 aromatic carbocycles. The topological polar surface area (TPSA) is 18.5 Å². The molecule has 3 aliphatic rings. The normalized spacial score (nSPS) is 24.4. The number of fused-ring (bicyclic) bond motifs is 3. The van der Waals surface area contributed by atoms with Crippen LogP contribution >= 0.6 is 0 Å². The van der Waals surface area contributed by atoms with Crippen LogP contribution < -0.4 is 14.8 Å². The Morgan fingerprint density at radius 2 is 1.47 bits per heavy atom. The summed E-state index contributed by atoms with van der Waals surface area (Å²) < 4.78 is 2.76. The summed E-state index contributed by atoms with van der Waals surface area (Å²) in [5, 5.41) is 3.70. The van der Waals surface area contributed by atoms with Gasteiger partial charge in [0, 0.05) is 19.8 Å². The van der Waals surface area contributed by atoms with Gasteiger partial charge in [0.05, 0.1) is 22.7 Å². The van der Waals surface area contributed by atoms with E-state index in [1.54, 1.807) is 0 Å². The number of nitrogens with zero attached hydrogens (tertiary/aromatic N) is 2. The van der Waals surface area contributed by atoms with Gasteiger partial charge in [0.1, 0.15) is 0 Å². The lowest BCUT2D eigenvalue weighted by molar-refractivity contribution is 0.550. The van der Waals surface area contributed by atoms with Crippen molar-refractivity contribution in [1.29, 1.82) is 0 Å². The van der Waals surface area contributed by atoms with E-state index in [0.717, 1.165) is 0 Å². The number of nitrogens with one attached hydrogen (secondary N) is 1. The van der Waals surface area contributed by atoms with Gasteiger partial charge in [-0.05, 0) is 77.3 Å². The van der Waals surface area contributed by atoms with Crippen LogP contribution in [0.2, 0.25) is 18.6 Å². The highest BCUT2D eigenvalue weighted by Crippen LogP contribution is 2.59. The third-order valence-electron chi connectivity index (χ3n) is 8.79. The average molecular weight is 492 g/mol. The van der Waals surface area contributed by atoms with E-state index in [1.807, 2.05) is 0 Å². The van der Waals surface area contributed by atoms with Gasteiger partial charge in [-0.15, -0.1) is 0 Å². The molecule has 4 atom stereocenters. The van der Waals surface area contributed by atoms with Gasteiger partial charge in [0.15, 0.2) is 8.24 Å². The van der Waals surface area contributed by atoms with E-state index in [1.165, 1.54) is 46.0 Å². The van der Waals surface area contributed by atoms with Gasteiger partial charge >= 0.3 is 0 Å². The fourth-order valence-electron chi connectivity index (χ4n) is 7.36. The van der Waals surface area contributed by atoms with Gasteiger partial charge in [-0.1, -0.05) is 74.6 Å². The molecule has 4 heteroatoms. The first-order chi connectivity index (χ1) is 17.4. The van der Waals surface area contributed by atoms with Crippen LogP contribution in [0, 0.1) is 17.8 Å². The van der Waals surface area contributed by atoms with E-state index in [4.69, 9.17) is 0 Å². The maximum absolute atomic E-state index is 3.70. The van der Waals surface area contributed by atoms with Crippen LogP contribution in [-0.4, -0.2) is 22.3 Å². The van der Waals surface area contributed by atoms with E-state index in [9.17, 15) is 0 Å². The van der Waals surface area contributed by atoms with Gasteiger partial charge in [0.25, 0.3) is 0 Å². The van der Waals surface area contributed by atoms with Gasteiger partial charge in [-0.25, -0.2) is 0 Å². The molecule has 0 saturated heterocycles. The number of para-hydroxylation sites is 4. The minimum atomic E-state index is -1.99. The zero-order valence-electron chi connectivity index (χ0n) is 22.1. The van der Waals surface area contributed by atoms with Crippen LogP contribution in [0.4, 0.5) is 28.4 Å². The largest absolute Gasteiger partial charge is 0.378 e. The van der Waals surface area contributed by atoms with Crippen molar-refractivity contribution in [1.82, 2.24) is 0 Å². The quantitative estimate of drug-likeness (QED) is 0.369. The minimum absolute atomic E-state index is 0.574. The SMILES string of the molecule is C[C@@H]1C[C@@H]2C(c3ccc(N(C)C)cc3)=CC=C[C@@H]2C1[Si](C)(C)N1c2ccccc2Nc2ccccc21. The number of allylic oxidation sites excluding steroid dienone is 4. The smallest absolute Gasteiger partial charge is 0.160 e. The Kier molecular flexibility index (Phi) is 5.60. The summed E-state index contributed by atoms with van der Waals surface area (Å²) in [6.45, 7) is 7.72. The van der Waals surface area contributed by atoms with E-state index < -0.39 is 8.24 Å². The minimum Gasteiger partial charge on any atom is -0.378 e. The molecule has 0 radical (unpaired) electrons. The second-order valence-electron chi connectivity index (χ2n) is 11.5. The molecular weight excluding hydrogens is 454 g/mol. The zero-order chi connectivity index (χ0) is 25.0. The van der Waals surface area contributed by atoms with Gasteiger partial charge in [0.2, 0.25) is 0 Å².